The minimum Gasteiger partial charge on any atom is -0.497 e. The Morgan fingerprint density at radius 2 is 1.83 bits per heavy atom. The number of carbonyl (C=O) groups excluding carboxylic acids is 1. The zero-order valence-electron chi connectivity index (χ0n) is 16.3. The highest BCUT2D eigenvalue weighted by molar-refractivity contribution is 5.71. The largest absolute Gasteiger partial charge is 0.497 e. The average Bonchev–Trinajstić information content (AvgIpc) is 3.50. The number of hydrogen-bond donors (Lipinski definition) is 2. The van der Waals surface area contributed by atoms with Crippen LogP contribution in [0.5, 0.6) is 11.5 Å². The van der Waals surface area contributed by atoms with Crippen molar-refractivity contribution in [1.29, 1.82) is 0 Å². The Kier molecular flexibility index (Phi) is 5.37. The normalized spacial score (nSPS) is 13.1. The van der Waals surface area contributed by atoms with E-state index >= 15 is 0 Å². The summed E-state index contributed by atoms with van der Waals surface area (Å²) in [6.07, 6.45) is 2.40. The Morgan fingerprint density at radius 3 is 2.45 bits per heavy atom. The minimum absolute atomic E-state index is 0.359. The van der Waals surface area contributed by atoms with E-state index in [1.807, 2.05) is 53.2 Å². The first kappa shape index (κ1) is 18.9. The van der Waals surface area contributed by atoms with Gasteiger partial charge in [-0.3, -0.25) is 0 Å². The lowest BCUT2D eigenvalue weighted by Gasteiger charge is -2.10. The molecule has 2 aromatic carbocycles. The summed E-state index contributed by atoms with van der Waals surface area (Å²) in [6, 6.07) is 17.4. The van der Waals surface area contributed by atoms with Gasteiger partial charge in [-0.2, -0.15) is 5.10 Å². The van der Waals surface area contributed by atoms with Crippen LogP contribution in [0.3, 0.4) is 0 Å². The van der Waals surface area contributed by atoms with Gasteiger partial charge in [0.15, 0.2) is 0 Å². The molecule has 150 valence electrons. The van der Waals surface area contributed by atoms with Gasteiger partial charge in [0.05, 0.1) is 30.7 Å². The molecular weight excluding hydrogens is 368 g/mol. The second kappa shape index (κ2) is 8.26. The van der Waals surface area contributed by atoms with Gasteiger partial charge < -0.3 is 20.5 Å². The van der Waals surface area contributed by atoms with E-state index in [1.165, 1.54) is 12.8 Å². The maximum absolute atomic E-state index is 10.7. The lowest BCUT2D eigenvalue weighted by atomic mass is 10.1. The van der Waals surface area contributed by atoms with Gasteiger partial charge in [-0.15, -0.1) is 0 Å². The van der Waals surface area contributed by atoms with E-state index in [2.05, 4.69) is 11.4 Å². The molecule has 1 heterocycles. The van der Waals surface area contributed by atoms with Crippen molar-refractivity contribution in [2.24, 2.45) is 5.73 Å². The minimum atomic E-state index is -0.554. The molecule has 1 aliphatic rings. The van der Waals surface area contributed by atoms with E-state index in [0.717, 1.165) is 34.1 Å². The molecular formula is C22H24N4O3. The van der Waals surface area contributed by atoms with Crippen molar-refractivity contribution in [3.63, 3.8) is 0 Å². The lowest BCUT2D eigenvalue weighted by molar-refractivity contribution is 0.244. The van der Waals surface area contributed by atoms with Gasteiger partial charge in [0.25, 0.3) is 0 Å². The van der Waals surface area contributed by atoms with E-state index in [1.54, 1.807) is 7.11 Å². The van der Waals surface area contributed by atoms with Gasteiger partial charge >= 0.3 is 6.03 Å². The van der Waals surface area contributed by atoms with Gasteiger partial charge in [-0.1, -0.05) is 0 Å². The van der Waals surface area contributed by atoms with Crippen molar-refractivity contribution in [3.05, 3.63) is 60.3 Å². The lowest BCUT2D eigenvalue weighted by Crippen LogP contribution is -2.32. The van der Waals surface area contributed by atoms with Crippen LogP contribution in [0.1, 0.15) is 24.5 Å². The molecule has 0 saturated heterocycles. The number of carbonyl (C=O) groups is 1. The van der Waals surface area contributed by atoms with Crippen LogP contribution in [0, 0.1) is 0 Å². The quantitative estimate of drug-likeness (QED) is 0.574. The third-order valence-electron chi connectivity index (χ3n) is 4.86. The Hall–Kier alpha value is -3.48. The van der Waals surface area contributed by atoms with E-state index < -0.39 is 6.03 Å². The molecule has 4 rings (SSSR count). The van der Waals surface area contributed by atoms with Crippen LogP contribution in [-0.4, -0.2) is 36.1 Å². The van der Waals surface area contributed by atoms with Crippen molar-refractivity contribution in [1.82, 2.24) is 15.1 Å². The van der Waals surface area contributed by atoms with Gasteiger partial charge in [0.2, 0.25) is 0 Å². The van der Waals surface area contributed by atoms with Crippen LogP contribution in [0.2, 0.25) is 0 Å². The monoisotopic (exact) mass is 392 g/mol. The van der Waals surface area contributed by atoms with E-state index in [0.29, 0.717) is 19.1 Å². The Balaban J connectivity index is 1.56. The predicted octanol–water partition coefficient (Wildman–Crippen LogP) is 3.47. The number of ether oxygens (including phenoxy) is 2. The Labute approximate surface area is 169 Å². The number of aromatic nitrogens is 2. The summed E-state index contributed by atoms with van der Waals surface area (Å²) in [5.74, 6) is 2.11. The fourth-order valence-electron chi connectivity index (χ4n) is 3.17. The zero-order chi connectivity index (χ0) is 20.2. The van der Waals surface area contributed by atoms with Crippen molar-refractivity contribution < 1.29 is 14.3 Å². The maximum atomic E-state index is 10.7. The van der Waals surface area contributed by atoms with Gasteiger partial charge in [-0.25, -0.2) is 9.48 Å². The van der Waals surface area contributed by atoms with Crippen LogP contribution < -0.4 is 20.5 Å². The van der Waals surface area contributed by atoms with Crippen LogP contribution in [0.25, 0.3) is 16.9 Å². The molecule has 1 aliphatic carbocycles. The number of rotatable bonds is 8. The number of nitrogens with two attached hydrogens (primary N) is 1. The summed E-state index contributed by atoms with van der Waals surface area (Å²) < 4.78 is 12.9. The molecule has 0 unspecified atom stereocenters. The molecule has 0 atom stereocenters. The average molecular weight is 392 g/mol. The zero-order valence-corrected chi connectivity index (χ0v) is 16.3. The highest BCUT2D eigenvalue weighted by atomic mass is 16.5. The number of amides is 2. The summed E-state index contributed by atoms with van der Waals surface area (Å²) in [4.78, 5) is 10.7. The SMILES string of the molecule is COc1ccc(-n2nc(C3CC3)cc2-c2ccc(OCCNC(N)=O)cc2)cc1. The number of primary amides is 1. The van der Waals surface area contributed by atoms with E-state index in [4.69, 9.17) is 20.3 Å². The van der Waals surface area contributed by atoms with Crippen LogP contribution >= 0.6 is 0 Å². The maximum Gasteiger partial charge on any atom is 0.312 e. The standard InChI is InChI=1S/C22H24N4O3/c1-28-18-10-6-17(7-11-18)26-21(14-20(25-26)15-2-3-15)16-4-8-19(9-5-16)29-13-12-24-22(23)27/h4-11,14-15H,2-3,12-13H2,1H3,(H3,23,24,27). The highest BCUT2D eigenvalue weighted by Crippen LogP contribution is 2.41. The molecule has 1 aromatic heterocycles. The van der Waals surface area contributed by atoms with Crippen LogP contribution in [0.4, 0.5) is 4.79 Å². The van der Waals surface area contributed by atoms with Crippen molar-refractivity contribution in [2.75, 3.05) is 20.3 Å². The molecule has 3 N–H and O–H groups in total. The van der Waals surface area contributed by atoms with Crippen molar-refractivity contribution in [2.45, 2.75) is 18.8 Å². The molecule has 1 saturated carbocycles. The van der Waals surface area contributed by atoms with Crippen LogP contribution in [-0.2, 0) is 0 Å². The first-order chi connectivity index (χ1) is 14.1. The summed E-state index contributed by atoms with van der Waals surface area (Å²) in [7, 11) is 1.66. The van der Waals surface area contributed by atoms with E-state index in [9.17, 15) is 4.79 Å². The Morgan fingerprint density at radius 1 is 1.14 bits per heavy atom. The Bertz CT molecular complexity index is 976. The molecule has 1 fully saturated rings. The molecule has 0 spiro atoms. The van der Waals surface area contributed by atoms with Gasteiger partial charge in [0.1, 0.15) is 18.1 Å². The molecule has 7 nitrogen and oxygen atoms in total. The third kappa shape index (κ3) is 4.51. The van der Waals surface area contributed by atoms with Crippen LogP contribution in [0.15, 0.2) is 54.6 Å². The number of methoxy groups -OCH3 is 1. The van der Waals surface area contributed by atoms with Crippen molar-refractivity contribution >= 4 is 6.03 Å². The summed E-state index contributed by atoms with van der Waals surface area (Å²) in [5.41, 5.74) is 9.26. The molecule has 0 bridgehead atoms. The molecule has 7 heteroatoms. The predicted molar refractivity (Wildman–Crippen MR) is 111 cm³/mol. The second-order valence-corrected chi connectivity index (χ2v) is 7.00. The first-order valence-corrected chi connectivity index (χ1v) is 9.65. The number of nitrogens with zero attached hydrogens (tertiary/aromatic N) is 2. The molecule has 3 aromatic rings. The number of nitrogens with one attached hydrogen (secondary N) is 1. The molecule has 29 heavy (non-hydrogen) atoms. The first-order valence-electron chi connectivity index (χ1n) is 9.65. The molecule has 2 amide bonds. The fourth-order valence-corrected chi connectivity index (χ4v) is 3.17. The summed E-state index contributed by atoms with van der Waals surface area (Å²) in [6.45, 7) is 0.726. The highest BCUT2D eigenvalue weighted by Gasteiger charge is 2.27. The molecule has 0 aliphatic heterocycles. The van der Waals surface area contributed by atoms with Crippen molar-refractivity contribution in [3.8, 4) is 28.4 Å². The van der Waals surface area contributed by atoms with Gasteiger partial charge in [0, 0.05) is 11.5 Å². The summed E-state index contributed by atoms with van der Waals surface area (Å²) >= 11 is 0. The van der Waals surface area contributed by atoms with E-state index in [-0.39, 0.29) is 0 Å². The third-order valence-corrected chi connectivity index (χ3v) is 4.86. The fraction of sp³-hybridized carbons (Fsp3) is 0.273. The van der Waals surface area contributed by atoms with Gasteiger partial charge in [-0.05, 0) is 67.4 Å². The number of benzene rings is 2. The number of urea groups is 1. The topological polar surface area (TPSA) is 91.4 Å². The smallest absolute Gasteiger partial charge is 0.312 e. The second-order valence-electron chi connectivity index (χ2n) is 7.00. The molecule has 0 radical (unpaired) electrons. The number of hydrogen-bond acceptors (Lipinski definition) is 4. The summed E-state index contributed by atoms with van der Waals surface area (Å²) in [5, 5.41) is 7.37.